The second-order valence-corrected chi connectivity index (χ2v) is 11.5. The number of nitrogens with zero attached hydrogens (tertiary/aromatic N) is 6. The van der Waals surface area contributed by atoms with Gasteiger partial charge in [0.15, 0.2) is 0 Å². The van der Waals surface area contributed by atoms with Crippen LogP contribution in [0.1, 0.15) is 57.7 Å². The van der Waals surface area contributed by atoms with Crippen molar-refractivity contribution in [3.8, 4) is 0 Å². The lowest BCUT2D eigenvalue weighted by Gasteiger charge is -2.44. The van der Waals surface area contributed by atoms with E-state index in [2.05, 4.69) is 59.4 Å². The molecule has 2 atom stereocenters. The Morgan fingerprint density at radius 1 is 1.21 bits per heavy atom. The molecule has 3 aliphatic heterocycles. The molecule has 2 aromatic rings. The van der Waals surface area contributed by atoms with Gasteiger partial charge in [-0.05, 0) is 75.9 Å². The number of rotatable bonds is 8. The summed E-state index contributed by atoms with van der Waals surface area (Å²) in [4.78, 5) is 25.6. The predicted octanol–water partition coefficient (Wildman–Crippen LogP) is 3.96. The van der Waals surface area contributed by atoms with Gasteiger partial charge in [0, 0.05) is 44.1 Å². The number of hydrogen-bond acceptors (Lipinski definition) is 7. The molecule has 5 heterocycles. The zero-order valence-electron chi connectivity index (χ0n) is 20.5. The van der Waals surface area contributed by atoms with Gasteiger partial charge in [-0.15, -0.1) is 0 Å². The second-order valence-electron chi connectivity index (χ2n) is 10.7. The van der Waals surface area contributed by atoms with Gasteiger partial charge in [-0.25, -0.2) is 4.98 Å². The van der Waals surface area contributed by atoms with Crippen molar-refractivity contribution in [2.45, 2.75) is 71.0 Å². The number of piperidine rings is 1. The van der Waals surface area contributed by atoms with Crippen molar-refractivity contribution in [3.05, 3.63) is 22.6 Å². The van der Waals surface area contributed by atoms with Crippen LogP contribution in [-0.4, -0.2) is 74.2 Å². The van der Waals surface area contributed by atoms with Gasteiger partial charge in [0.05, 0.1) is 27.3 Å². The number of nitrogens with one attached hydrogen (secondary N) is 2. The highest BCUT2D eigenvalue weighted by atomic mass is 79.9. The first kappa shape index (κ1) is 23.5. The molecule has 5 rings (SSSR count). The van der Waals surface area contributed by atoms with E-state index in [9.17, 15) is 4.79 Å². The molecule has 2 N–H and O–H groups in total. The summed E-state index contributed by atoms with van der Waals surface area (Å²) in [6.07, 6.45) is 9.66. The molecule has 2 bridgehead atoms. The Labute approximate surface area is 209 Å². The molecule has 0 saturated carbocycles. The average Bonchev–Trinajstić information content (AvgIpc) is 3.24. The molecule has 3 saturated heterocycles. The van der Waals surface area contributed by atoms with Crippen molar-refractivity contribution in [2.75, 3.05) is 37.3 Å². The minimum atomic E-state index is -0.192. The van der Waals surface area contributed by atoms with Gasteiger partial charge in [-0.3, -0.25) is 9.48 Å². The molecule has 0 aromatic carbocycles. The van der Waals surface area contributed by atoms with Gasteiger partial charge < -0.3 is 20.4 Å². The van der Waals surface area contributed by atoms with Crippen LogP contribution >= 0.6 is 15.9 Å². The zero-order chi connectivity index (χ0) is 24.0. The highest BCUT2D eigenvalue weighted by Gasteiger charge is 2.43. The molecular formula is C24H35BrN8O. The monoisotopic (exact) mass is 530 g/mol. The van der Waals surface area contributed by atoms with Crippen LogP contribution in [-0.2, 0) is 4.79 Å². The molecule has 0 radical (unpaired) electrons. The fourth-order valence-electron chi connectivity index (χ4n) is 5.67. The maximum Gasteiger partial charge on any atom is 0.230 e. The summed E-state index contributed by atoms with van der Waals surface area (Å²) in [5.41, 5.74) is 1.70. The molecule has 10 heteroatoms. The lowest BCUT2D eigenvalue weighted by Crippen LogP contribution is -2.58. The fourth-order valence-corrected chi connectivity index (χ4v) is 6.00. The summed E-state index contributed by atoms with van der Waals surface area (Å²) < 4.78 is 2.96. The van der Waals surface area contributed by atoms with Gasteiger partial charge in [0.1, 0.15) is 5.82 Å². The predicted molar refractivity (Wildman–Crippen MR) is 136 cm³/mol. The van der Waals surface area contributed by atoms with Crippen LogP contribution in [0.3, 0.4) is 0 Å². The molecule has 3 fully saturated rings. The maximum absolute atomic E-state index is 12.1. The minimum absolute atomic E-state index is 0.192. The topological polar surface area (TPSA) is 91.2 Å². The average molecular weight is 532 g/mol. The van der Waals surface area contributed by atoms with Crippen molar-refractivity contribution in [3.63, 3.8) is 0 Å². The van der Waals surface area contributed by atoms with Crippen LogP contribution in [0.15, 0.2) is 16.9 Å². The number of amides is 1. The van der Waals surface area contributed by atoms with Crippen LogP contribution in [0, 0.1) is 12.3 Å². The van der Waals surface area contributed by atoms with E-state index in [1.54, 1.807) is 6.20 Å². The Morgan fingerprint density at radius 2 is 1.94 bits per heavy atom. The molecule has 0 spiro atoms. The van der Waals surface area contributed by atoms with Crippen LogP contribution in [0.4, 0.5) is 17.5 Å². The number of likely N-dealkylation sites (tertiary alicyclic amines) is 1. The Bertz CT molecular complexity index is 1060. The Morgan fingerprint density at radius 3 is 2.62 bits per heavy atom. The lowest BCUT2D eigenvalue weighted by molar-refractivity contribution is -0.156. The quantitative estimate of drug-likeness (QED) is 0.394. The normalized spacial score (nSPS) is 26.0. The third-order valence-corrected chi connectivity index (χ3v) is 8.28. The number of β-lactam (4-membered cyclic amide) rings is 1. The van der Waals surface area contributed by atoms with Gasteiger partial charge in [-0.1, -0.05) is 0 Å². The molecule has 2 aromatic heterocycles. The number of fused-ring (bicyclic) bond motifs is 2. The van der Waals surface area contributed by atoms with Crippen molar-refractivity contribution < 1.29 is 4.79 Å². The van der Waals surface area contributed by atoms with E-state index in [1.807, 2.05) is 25.7 Å². The number of hydrogen-bond donors (Lipinski definition) is 2. The van der Waals surface area contributed by atoms with Crippen LogP contribution < -0.4 is 10.6 Å². The van der Waals surface area contributed by atoms with Gasteiger partial charge >= 0.3 is 0 Å². The van der Waals surface area contributed by atoms with E-state index in [4.69, 9.17) is 5.10 Å². The standard InChI is InChI=1S/C24H35BrN8O/c1-15-20(13-33(30-15)18-10-16-6-7-17(11-18)31(16)4)28-23-27-12-19(25)21(29-23)26-8-5-9-32-14-24(2,3)22(32)34/h12-13,16-18H,5-11,14H2,1-4H3,(H2,26,27,28,29). The number of aromatic nitrogens is 4. The lowest BCUT2D eigenvalue weighted by atomic mass is 9.83. The zero-order valence-corrected chi connectivity index (χ0v) is 22.1. The second kappa shape index (κ2) is 9.11. The van der Waals surface area contributed by atoms with Gasteiger partial charge in [0.2, 0.25) is 11.9 Å². The van der Waals surface area contributed by atoms with Crippen LogP contribution in [0.2, 0.25) is 0 Å². The first-order valence-electron chi connectivity index (χ1n) is 12.3. The minimum Gasteiger partial charge on any atom is -0.369 e. The molecule has 1 amide bonds. The molecule has 3 aliphatic rings. The summed E-state index contributed by atoms with van der Waals surface area (Å²) in [5.74, 6) is 1.52. The number of halogens is 1. The Balaban J connectivity index is 1.18. The van der Waals surface area contributed by atoms with Crippen LogP contribution in [0.5, 0.6) is 0 Å². The van der Waals surface area contributed by atoms with Crippen molar-refractivity contribution >= 4 is 39.3 Å². The smallest absolute Gasteiger partial charge is 0.230 e. The molecule has 34 heavy (non-hydrogen) atoms. The molecule has 0 aliphatic carbocycles. The first-order chi connectivity index (χ1) is 16.2. The molecule has 184 valence electrons. The summed E-state index contributed by atoms with van der Waals surface area (Å²) in [6, 6.07) is 1.81. The van der Waals surface area contributed by atoms with Crippen LogP contribution in [0.25, 0.3) is 0 Å². The van der Waals surface area contributed by atoms with E-state index in [0.29, 0.717) is 24.1 Å². The summed E-state index contributed by atoms with van der Waals surface area (Å²) >= 11 is 3.54. The fraction of sp³-hybridized carbons (Fsp3) is 0.667. The summed E-state index contributed by atoms with van der Waals surface area (Å²) in [7, 11) is 2.27. The summed E-state index contributed by atoms with van der Waals surface area (Å²) in [5, 5.41) is 11.5. The molecular weight excluding hydrogens is 496 g/mol. The third-order valence-electron chi connectivity index (χ3n) is 7.70. The van der Waals surface area contributed by atoms with E-state index in [-0.39, 0.29) is 11.3 Å². The van der Waals surface area contributed by atoms with Crippen molar-refractivity contribution in [1.82, 2.24) is 29.5 Å². The van der Waals surface area contributed by atoms with E-state index < -0.39 is 0 Å². The number of aryl methyl sites for hydroxylation is 1. The Hall–Kier alpha value is -2.20. The SMILES string of the molecule is Cc1nn(C2CC3CCC(C2)N3C)cc1Nc1ncc(Br)c(NCCCN2CC(C)(C)C2=O)n1. The van der Waals surface area contributed by atoms with Gasteiger partial charge in [-0.2, -0.15) is 10.1 Å². The highest BCUT2D eigenvalue weighted by Crippen LogP contribution is 2.40. The maximum atomic E-state index is 12.1. The molecule has 9 nitrogen and oxygen atoms in total. The molecule has 2 unspecified atom stereocenters. The first-order valence-corrected chi connectivity index (χ1v) is 13.1. The third kappa shape index (κ3) is 4.54. The number of anilines is 3. The number of carbonyl (C=O) groups excluding carboxylic acids is 1. The van der Waals surface area contributed by atoms with E-state index in [0.717, 1.165) is 60.6 Å². The number of carbonyl (C=O) groups is 1. The van der Waals surface area contributed by atoms with E-state index >= 15 is 0 Å². The Kier molecular flexibility index (Phi) is 6.31. The largest absolute Gasteiger partial charge is 0.369 e. The van der Waals surface area contributed by atoms with Crippen molar-refractivity contribution in [2.24, 2.45) is 5.41 Å². The van der Waals surface area contributed by atoms with Crippen molar-refractivity contribution in [1.29, 1.82) is 0 Å². The highest BCUT2D eigenvalue weighted by molar-refractivity contribution is 9.10. The van der Waals surface area contributed by atoms with Gasteiger partial charge in [0.25, 0.3) is 0 Å². The summed E-state index contributed by atoms with van der Waals surface area (Å²) in [6.45, 7) is 8.36. The van der Waals surface area contributed by atoms with E-state index in [1.165, 1.54) is 12.8 Å².